The number of carbonyl (C=O) groups excluding carboxylic acids is 1. The van der Waals surface area contributed by atoms with Crippen LogP contribution in [0.3, 0.4) is 0 Å². The summed E-state index contributed by atoms with van der Waals surface area (Å²) in [4.78, 5) is 13.2. The lowest BCUT2D eigenvalue weighted by Gasteiger charge is -2.13. The van der Waals surface area contributed by atoms with Crippen molar-refractivity contribution >= 4 is 15.7 Å². The Hall–Kier alpha value is -1.38. The first-order valence-electron chi connectivity index (χ1n) is 5.69. The highest BCUT2D eigenvalue weighted by atomic mass is 32.2. The number of nitrogens with two attached hydrogens (primary N) is 1. The minimum Gasteiger partial charge on any atom is -0.464 e. The molecule has 0 aliphatic carbocycles. The first-order chi connectivity index (χ1) is 8.73. The number of hydrogen-bond acceptors (Lipinski definition) is 6. The second kappa shape index (κ2) is 6.18. The number of aryl methyl sites for hydroxylation is 1. The molecule has 0 atom stereocenters. The summed E-state index contributed by atoms with van der Waals surface area (Å²) < 4.78 is 27.5. The standard InChI is InChI=1S/C11H19N3O4S/c1-8-10(11(15)13-12)6-9(18-8)7-14(2)4-5-19(3,16)17/h6H,4-5,7,12H2,1-3H3,(H,13,15). The average Bonchev–Trinajstić information content (AvgIpc) is 2.65. The second-order valence-corrected chi connectivity index (χ2v) is 6.78. The van der Waals surface area contributed by atoms with Crippen molar-refractivity contribution in [3.8, 4) is 0 Å². The maximum Gasteiger partial charge on any atom is 0.268 e. The van der Waals surface area contributed by atoms with E-state index in [1.54, 1.807) is 20.0 Å². The molecule has 1 heterocycles. The topological polar surface area (TPSA) is 106 Å². The van der Waals surface area contributed by atoms with E-state index in [4.69, 9.17) is 10.3 Å². The third-order valence-electron chi connectivity index (χ3n) is 2.61. The lowest BCUT2D eigenvalue weighted by atomic mass is 10.2. The average molecular weight is 289 g/mol. The van der Waals surface area contributed by atoms with Crippen LogP contribution in [0.2, 0.25) is 0 Å². The van der Waals surface area contributed by atoms with Gasteiger partial charge in [-0.3, -0.25) is 15.1 Å². The van der Waals surface area contributed by atoms with Gasteiger partial charge in [-0.2, -0.15) is 0 Å². The summed E-state index contributed by atoms with van der Waals surface area (Å²) in [6.45, 7) is 2.50. The molecule has 108 valence electrons. The van der Waals surface area contributed by atoms with Crippen LogP contribution < -0.4 is 11.3 Å². The van der Waals surface area contributed by atoms with Gasteiger partial charge in [-0.25, -0.2) is 14.3 Å². The van der Waals surface area contributed by atoms with Crippen molar-refractivity contribution in [3.63, 3.8) is 0 Å². The van der Waals surface area contributed by atoms with E-state index in [0.717, 1.165) is 0 Å². The van der Waals surface area contributed by atoms with E-state index in [9.17, 15) is 13.2 Å². The van der Waals surface area contributed by atoms with Gasteiger partial charge < -0.3 is 4.42 Å². The fourth-order valence-electron chi connectivity index (χ4n) is 1.59. The fraction of sp³-hybridized carbons (Fsp3) is 0.545. The van der Waals surface area contributed by atoms with Crippen molar-refractivity contribution in [3.05, 3.63) is 23.2 Å². The summed E-state index contributed by atoms with van der Waals surface area (Å²) in [7, 11) is -1.20. The Labute approximate surface area is 112 Å². The number of carbonyl (C=O) groups is 1. The van der Waals surface area contributed by atoms with Gasteiger partial charge in [0.1, 0.15) is 21.4 Å². The molecule has 1 amide bonds. The van der Waals surface area contributed by atoms with Gasteiger partial charge in [-0.1, -0.05) is 0 Å². The number of hydrogen-bond donors (Lipinski definition) is 2. The molecule has 0 unspecified atom stereocenters. The monoisotopic (exact) mass is 289 g/mol. The Morgan fingerprint density at radius 2 is 2.16 bits per heavy atom. The molecule has 0 aromatic carbocycles. The molecule has 8 heteroatoms. The third-order valence-corrected chi connectivity index (χ3v) is 3.54. The minimum absolute atomic E-state index is 0.0827. The van der Waals surface area contributed by atoms with Crippen LogP contribution in [0, 0.1) is 6.92 Å². The number of nitrogen functional groups attached to an aromatic ring is 1. The van der Waals surface area contributed by atoms with E-state index in [-0.39, 0.29) is 5.75 Å². The zero-order valence-corrected chi connectivity index (χ0v) is 12.1. The molecule has 0 saturated heterocycles. The molecule has 3 N–H and O–H groups in total. The van der Waals surface area contributed by atoms with Crippen LogP contribution in [-0.4, -0.2) is 44.8 Å². The van der Waals surface area contributed by atoms with E-state index in [1.165, 1.54) is 6.26 Å². The molecule has 0 aliphatic heterocycles. The van der Waals surface area contributed by atoms with Gasteiger partial charge in [0.2, 0.25) is 0 Å². The van der Waals surface area contributed by atoms with Crippen molar-refractivity contribution in [1.29, 1.82) is 0 Å². The molecule has 0 aliphatic rings. The van der Waals surface area contributed by atoms with Crippen molar-refractivity contribution < 1.29 is 17.6 Å². The molecule has 0 saturated carbocycles. The molecule has 0 fully saturated rings. The van der Waals surface area contributed by atoms with Gasteiger partial charge in [0.15, 0.2) is 0 Å². The molecule has 0 bridgehead atoms. The SMILES string of the molecule is Cc1oc(CN(C)CCS(C)(=O)=O)cc1C(=O)NN. The zero-order valence-electron chi connectivity index (χ0n) is 11.3. The van der Waals surface area contributed by atoms with Crippen LogP contribution in [0.5, 0.6) is 0 Å². The van der Waals surface area contributed by atoms with Gasteiger partial charge in [0, 0.05) is 12.8 Å². The van der Waals surface area contributed by atoms with Gasteiger partial charge in [-0.05, 0) is 20.0 Å². The van der Waals surface area contributed by atoms with Crippen LogP contribution in [0.4, 0.5) is 0 Å². The quantitative estimate of drug-likeness (QED) is 0.422. The van der Waals surface area contributed by atoms with E-state index in [0.29, 0.717) is 30.2 Å². The van der Waals surface area contributed by atoms with Crippen molar-refractivity contribution in [1.82, 2.24) is 10.3 Å². The number of amides is 1. The predicted octanol–water partition coefficient (Wildman–Crippen LogP) is -0.332. The normalized spacial score (nSPS) is 11.8. The predicted molar refractivity (Wildman–Crippen MR) is 71.1 cm³/mol. The first kappa shape index (κ1) is 15.7. The Balaban J connectivity index is 2.65. The van der Waals surface area contributed by atoms with E-state index < -0.39 is 15.7 Å². The maximum atomic E-state index is 11.4. The van der Waals surface area contributed by atoms with Crippen molar-refractivity contribution in [2.45, 2.75) is 13.5 Å². The number of sulfone groups is 1. The molecule has 0 spiro atoms. The lowest BCUT2D eigenvalue weighted by molar-refractivity contribution is 0.0952. The Morgan fingerprint density at radius 3 is 2.68 bits per heavy atom. The summed E-state index contributed by atoms with van der Waals surface area (Å²) in [6.07, 6.45) is 1.20. The van der Waals surface area contributed by atoms with Crippen LogP contribution >= 0.6 is 0 Å². The Kier molecular flexibility index (Phi) is 5.10. The highest BCUT2D eigenvalue weighted by Crippen LogP contribution is 2.15. The highest BCUT2D eigenvalue weighted by molar-refractivity contribution is 7.90. The van der Waals surface area contributed by atoms with E-state index >= 15 is 0 Å². The molecule has 1 aromatic rings. The molecular weight excluding hydrogens is 270 g/mol. The zero-order chi connectivity index (χ0) is 14.6. The second-order valence-electron chi connectivity index (χ2n) is 4.52. The number of nitrogens with one attached hydrogen (secondary N) is 1. The molecule has 7 nitrogen and oxygen atoms in total. The third kappa shape index (κ3) is 5.01. The number of nitrogens with zero attached hydrogens (tertiary/aromatic N) is 1. The van der Waals surface area contributed by atoms with Crippen LogP contribution in [0.1, 0.15) is 21.9 Å². The summed E-state index contributed by atoms with van der Waals surface area (Å²) in [5, 5.41) is 0. The first-order valence-corrected chi connectivity index (χ1v) is 7.75. The molecular formula is C11H19N3O4S. The number of furan rings is 1. The smallest absolute Gasteiger partial charge is 0.268 e. The summed E-state index contributed by atoms with van der Waals surface area (Å²) in [5.74, 6) is 5.80. The summed E-state index contributed by atoms with van der Waals surface area (Å²) >= 11 is 0. The van der Waals surface area contributed by atoms with E-state index in [2.05, 4.69) is 0 Å². The maximum absolute atomic E-state index is 11.4. The largest absolute Gasteiger partial charge is 0.464 e. The molecule has 1 aromatic heterocycles. The van der Waals surface area contributed by atoms with Crippen molar-refractivity contribution in [2.24, 2.45) is 5.84 Å². The van der Waals surface area contributed by atoms with Crippen LogP contribution in [-0.2, 0) is 16.4 Å². The summed E-state index contributed by atoms with van der Waals surface area (Å²) in [6, 6.07) is 1.61. The van der Waals surface area contributed by atoms with Crippen LogP contribution in [0.25, 0.3) is 0 Å². The molecule has 1 rings (SSSR count). The highest BCUT2D eigenvalue weighted by Gasteiger charge is 2.15. The van der Waals surface area contributed by atoms with Gasteiger partial charge in [0.25, 0.3) is 5.91 Å². The van der Waals surface area contributed by atoms with E-state index in [1.807, 2.05) is 10.3 Å². The Morgan fingerprint density at radius 1 is 1.53 bits per heavy atom. The number of hydrazine groups is 1. The van der Waals surface area contributed by atoms with Crippen molar-refractivity contribution in [2.75, 3.05) is 25.6 Å². The van der Waals surface area contributed by atoms with Gasteiger partial charge >= 0.3 is 0 Å². The van der Waals surface area contributed by atoms with Crippen LogP contribution in [0.15, 0.2) is 10.5 Å². The summed E-state index contributed by atoms with van der Waals surface area (Å²) in [5.41, 5.74) is 2.43. The molecule has 0 radical (unpaired) electrons. The lowest BCUT2D eigenvalue weighted by Crippen LogP contribution is -2.30. The minimum atomic E-state index is -2.98. The number of rotatable bonds is 6. The fourth-order valence-corrected chi connectivity index (χ4v) is 2.23. The van der Waals surface area contributed by atoms with Gasteiger partial charge in [0.05, 0.1) is 17.9 Å². The van der Waals surface area contributed by atoms with Gasteiger partial charge in [-0.15, -0.1) is 0 Å². The molecule has 19 heavy (non-hydrogen) atoms. The Bertz CT molecular complexity index is 550.